The normalized spacial score (nSPS) is 14.2. The summed E-state index contributed by atoms with van der Waals surface area (Å²) in [5.74, 6) is 0.00356. The Labute approximate surface area is 93.6 Å². The van der Waals surface area contributed by atoms with Crippen molar-refractivity contribution in [3.8, 4) is 0 Å². The number of ether oxygens (including phenoxy) is 1. The van der Waals surface area contributed by atoms with Gasteiger partial charge in [-0.05, 0) is 23.6 Å². The van der Waals surface area contributed by atoms with Crippen LogP contribution in [0.25, 0.3) is 0 Å². The summed E-state index contributed by atoms with van der Waals surface area (Å²) < 4.78 is 5.04. The van der Waals surface area contributed by atoms with E-state index in [0.717, 1.165) is 29.5 Å². The summed E-state index contributed by atoms with van der Waals surface area (Å²) in [6, 6.07) is 3.65. The third kappa shape index (κ3) is 1.97. The molecule has 0 bridgehead atoms. The first-order chi connectivity index (χ1) is 7.74. The lowest BCUT2D eigenvalue weighted by Gasteiger charge is -2.18. The minimum atomic E-state index is 0.00356. The average molecular weight is 219 g/mol. The molecule has 0 saturated heterocycles. The molecule has 1 heterocycles. The van der Waals surface area contributed by atoms with Gasteiger partial charge in [0.05, 0.1) is 6.61 Å². The molecule has 0 aliphatic carbocycles. The quantitative estimate of drug-likeness (QED) is 0.784. The highest BCUT2D eigenvalue weighted by atomic mass is 16.5. The van der Waals surface area contributed by atoms with Crippen LogP contribution in [0.2, 0.25) is 0 Å². The predicted octanol–water partition coefficient (Wildman–Crippen LogP) is 1.53. The van der Waals surface area contributed by atoms with Gasteiger partial charge in [0, 0.05) is 24.8 Å². The fourth-order valence-corrected chi connectivity index (χ4v) is 1.89. The van der Waals surface area contributed by atoms with Gasteiger partial charge >= 0.3 is 0 Å². The molecule has 0 unspecified atom stereocenters. The number of nitrogens with one attached hydrogen (secondary N) is 1. The Morgan fingerprint density at radius 1 is 1.44 bits per heavy atom. The van der Waals surface area contributed by atoms with Crippen LogP contribution in [0.5, 0.6) is 0 Å². The number of fused-ring (bicyclic) bond motifs is 1. The minimum Gasteiger partial charge on any atom is -0.380 e. The third-order valence-electron chi connectivity index (χ3n) is 2.69. The fourth-order valence-electron chi connectivity index (χ4n) is 1.89. The molecule has 16 heavy (non-hydrogen) atoms. The van der Waals surface area contributed by atoms with Crippen LogP contribution in [0.4, 0.5) is 5.69 Å². The van der Waals surface area contributed by atoms with Crippen molar-refractivity contribution in [3.05, 3.63) is 28.8 Å². The lowest BCUT2D eigenvalue weighted by Crippen LogP contribution is -2.19. The fraction of sp³-hybridized carbons (Fsp3) is 0.333. The number of hydrogen-bond donors (Lipinski definition) is 1. The summed E-state index contributed by atoms with van der Waals surface area (Å²) in [6.07, 6.45) is 2.01. The summed E-state index contributed by atoms with van der Waals surface area (Å²) in [5, 5.41) is 2.77. The SMILES string of the molecule is COCc1cc2c(cc1C=O)NC(=O)CC2. The number of aryl methyl sites for hydroxylation is 1. The molecule has 0 aromatic heterocycles. The zero-order valence-electron chi connectivity index (χ0n) is 9.08. The van der Waals surface area contributed by atoms with Crippen LogP contribution < -0.4 is 5.32 Å². The zero-order chi connectivity index (χ0) is 11.5. The summed E-state index contributed by atoms with van der Waals surface area (Å²) >= 11 is 0. The molecule has 1 aliphatic heterocycles. The second kappa shape index (κ2) is 4.45. The lowest BCUT2D eigenvalue weighted by molar-refractivity contribution is -0.116. The molecule has 0 saturated carbocycles. The van der Waals surface area contributed by atoms with Crippen molar-refractivity contribution in [2.75, 3.05) is 12.4 Å². The molecule has 1 aromatic carbocycles. The van der Waals surface area contributed by atoms with Crippen molar-refractivity contribution < 1.29 is 14.3 Å². The van der Waals surface area contributed by atoms with Gasteiger partial charge in [0.1, 0.15) is 6.29 Å². The Morgan fingerprint density at radius 2 is 2.25 bits per heavy atom. The average Bonchev–Trinajstić information content (AvgIpc) is 2.29. The maximum absolute atomic E-state index is 11.2. The van der Waals surface area contributed by atoms with E-state index in [1.165, 1.54) is 0 Å². The van der Waals surface area contributed by atoms with E-state index in [1.807, 2.05) is 6.07 Å². The topological polar surface area (TPSA) is 55.4 Å². The van der Waals surface area contributed by atoms with Crippen molar-refractivity contribution in [1.29, 1.82) is 0 Å². The van der Waals surface area contributed by atoms with Crippen LogP contribution >= 0.6 is 0 Å². The molecule has 1 aliphatic rings. The highest BCUT2D eigenvalue weighted by molar-refractivity contribution is 5.95. The first kappa shape index (κ1) is 10.8. The molecule has 1 amide bonds. The maximum Gasteiger partial charge on any atom is 0.224 e. The van der Waals surface area contributed by atoms with Crippen LogP contribution in [0.15, 0.2) is 12.1 Å². The van der Waals surface area contributed by atoms with E-state index in [4.69, 9.17) is 4.74 Å². The highest BCUT2D eigenvalue weighted by Crippen LogP contribution is 2.26. The van der Waals surface area contributed by atoms with Gasteiger partial charge in [0.15, 0.2) is 0 Å². The van der Waals surface area contributed by atoms with Gasteiger partial charge in [-0.2, -0.15) is 0 Å². The van der Waals surface area contributed by atoms with Gasteiger partial charge in [-0.3, -0.25) is 9.59 Å². The van der Waals surface area contributed by atoms with Crippen LogP contribution in [-0.4, -0.2) is 19.3 Å². The monoisotopic (exact) mass is 219 g/mol. The molecule has 0 fully saturated rings. The first-order valence-corrected chi connectivity index (χ1v) is 5.14. The van der Waals surface area contributed by atoms with E-state index in [1.54, 1.807) is 13.2 Å². The van der Waals surface area contributed by atoms with Crippen LogP contribution in [0, 0.1) is 0 Å². The Bertz CT molecular complexity index is 440. The number of aldehydes is 1. The van der Waals surface area contributed by atoms with Crippen molar-refractivity contribution in [2.24, 2.45) is 0 Å². The van der Waals surface area contributed by atoms with E-state index in [-0.39, 0.29) is 5.91 Å². The number of hydrogen-bond acceptors (Lipinski definition) is 3. The second-order valence-corrected chi connectivity index (χ2v) is 3.81. The Balaban J connectivity index is 2.43. The van der Waals surface area contributed by atoms with Crippen molar-refractivity contribution >= 4 is 17.9 Å². The molecule has 1 aromatic rings. The van der Waals surface area contributed by atoms with Gasteiger partial charge in [-0.1, -0.05) is 6.07 Å². The molecule has 0 radical (unpaired) electrons. The smallest absolute Gasteiger partial charge is 0.224 e. The number of methoxy groups -OCH3 is 1. The number of rotatable bonds is 3. The largest absolute Gasteiger partial charge is 0.380 e. The number of anilines is 1. The summed E-state index contributed by atoms with van der Waals surface area (Å²) in [5.41, 5.74) is 3.26. The first-order valence-electron chi connectivity index (χ1n) is 5.14. The van der Waals surface area contributed by atoms with E-state index >= 15 is 0 Å². The summed E-state index contributed by atoms with van der Waals surface area (Å²) in [6.45, 7) is 0.412. The van der Waals surface area contributed by atoms with Gasteiger partial charge in [-0.25, -0.2) is 0 Å². The zero-order valence-corrected chi connectivity index (χ0v) is 9.08. The second-order valence-electron chi connectivity index (χ2n) is 3.81. The Hall–Kier alpha value is -1.68. The van der Waals surface area contributed by atoms with E-state index < -0.39 is 0 Å². The molecular formula is C12H13NO3. The molecule has 84 valence electrons. The number of amides is 1. The van der Waals surface area contributed by atoms with Crippen molar-refractivity contribution in [2.45, 2.75) is 19.4 Å². The number of carbonyl (C=O) groups excluding carboxylic acids is 2. The molecule has 2 rings (SSSR count). The van der Waals surface area contributed by atoms with E-state index in [9.17, 15) is 9.59 Å². The van der Waals surface area contributed by atoms with Crippen LogP contribution in [0.3, 0.4) is 0 Å². The van der Waals surface area contributed by atoms with Gasteiger partial charge in [0.25, 0.3) is 0 Å². The summed E-state index contributed by atoms with van der Waals surface area (Å²) in [4.78, 5) is 22.1. The van der Waals surface area contributed by atoms with Gasteiger partial charge in [0.2, 0.25) is 5.91 Å². The molecule has 4 heteroatoms. The molecule has 1 N–H and O–H groups in total. The molecule has 0 spiro atoms. The van der Waals surface area contributed by atoms with Gasteiger partial charge < -0.3 is 10.1 Å². The molecular weight excluding hydrogens is 206 g/mol. The summed E-state index contributed by atoms with van der Waals surface area (Å²) in [7, 11) is 1.59. The van der Waals surface area contributed by atoms with Crippen molar-refractivity contribution in [1.82, 2.24) is 0 Å². The number of carbonyl (C=O) groups is 2. The Kier molecular flexibility index (Phi) is 3.01. The molecule has 0 atom stereocenters. The minimum absolute atomic E-state index is 0.00356. The molecule has 4 nitrogen and oxygen atoms in total. The maximum atomic E-state index is 11.2. The van der Waals surface area contributed by atoms with E-state index in [2.05, 4.69) is 5.32 Å². The lowest BCUT2D eigenvalue weighted by atomic mass is 9.97. The number of benzene rings is 1. The predicted molar refractivity (Wildman–Crippen MR) is 59.5 cm³/mol. The van der Waals surface area contributed by atoms with Gasteiger partial charge in [-0.15, -0.1) is 0 Å². The highest BCUT2D eigenvalue weighted by Gasteiger charge is 2.17. The van der Waals surface area contributed by atoms with Crippen LogP contribution in [0.1, 0.15) is 27.9 Å². The standard InChI is InChI=1S/C12H13NO3/c1-16-7-10-4-8-2-3-12(15)13-11(8)5-9(10)6-14/h4-6H,2-3,7H2,1H3,(H,13,15). The Morgan fingerprint density at radius 3 is 2.94 bits per heavy atom. The van der Waals surface area contributed by atoms with Crippen molar-refractivity contribution in [3.63, 3.8) is 0 Å². The van der Waals surface area contributed by atoms with E-state index in [0.29, 0.717) is 18.6 Å². The van der Waals surface area contributed by atoms with Crippen LogP contribution in [-0.2, 0) is 22.6 Å². The third-order valence-corrected chi connectivity index (χ3v) is 2.69.